The van der Waals surface area contributed by atoms with Gasteiger partial charge in [-0.3, -0.25) is 4.79 Å². The number of carbonyl (C=O) groups is 1. The molecule has 0 spiro atoms. The Labute approximate surface area is 85.2 Å². The predicted octanol–water partition coefficient (Wildman–Crippen LogP) is 1.33. The minimum Gasteiger partial charge on any atom is -0.466 e. The molecule has 0 aromatic carbocycles. The lowest BCUT2D eigenvalue weighted by atomic mass is 9.72. The molecule has 3 rings (SSSR count). The monoisotopic (exact) mass is 197 g/mol. The quantitative estimate of drug-likeness (QED) is 0.694. The summed E-state index contributed by atoms with van der Waals surface area (Å²) in [6.07, 6.45) is 4.39. The van der Waals surface area contributed by atoms with E-state index in [0.717, 1.165) is 6.54 Å². The van der Waals surface area contributed by atoms with E-state index in [9.17, 15) is 4.79 Å². The van der Waals surface area contributed by atoms with Gasteiger partial charge in [0, 0.05) is 12.5 Å². The van der Waals surface area contributed by atoms with Crippen molar-refractivity contribution in [1.29, 1.82) is 0 Å². The maximum Gasteiger partial charge on any atom is 0.306 e. The number of hydrogen-bond acceptors (Lipinski definition) is 3. The molecule has 14 heavy (non-hydrogen) atoms. The Balaban J connectivity index is 1.83. The van der Waals surface area contributed by atoms with Crippen LogP contribution in [0.4, 0.5) is 0 Å². The zero-order valence-electron chi connectivity index (χ0n) is 8.79. The third-order valence-electron chi connectivity index (χ3n) is 3.54. The van der Waals surface area contributed by atoms with E-state index in [1.54, 1.807) is 0 Å². The normalized spacial score (nSPS) is 35.6. The Morgan fingerprint density at radius 3 is 2.86 bits per heavy atom. The molecule has 3 nitrogen and oxygen atoms in total. The summed E-state index contributed by atoms with van der Waals surface area (Å²) >= 11 is 0. The number of piperidine rings is 2. The molecule has 3 fully saturated rings. The average Bonchev–Trinajstić information content (AvgIpc) is 2.19. The van der Waals surface area contributed by atoms with Crippen LogP contribution in [-0.4, -0.2) is 25.2 Å². The minimum absolute atomic E-state index is 0.00921. The van der Waals surface area contributed by atoms with Crippen molar-refractivity contribution in [2.75, 3.05) is 13.2 Å². The van der Waals surface area contributed by atoms with Crippen molar-refractivity contribution >= 4 is 5.97 Å². The zero-order chi connectivity index (χ0) is 9.97. The van der Waals surface area contributed by atoms with Crippen LogP contribution < -0.4 is 5.32 Å². The van der Waals surface area contributed by atoms with Crippen LogP contribution in [0.2, 0.25) is 0 Å². The van der Waals surface area contributed by atoms with Gasteiger partial charge in [-0.05, 0) is 44.6 Å². The highest BCUT2D eigenvalue weighted by atomic mass is 16.5. The summed E-state index contributed by atoms with van der Waals surface area (Å²) in [6, 6.07) is 0.666. The highest BCUT2D eigenvalue weighted by Gasteiger charge is 2.36. The second-order valence-electron chi connectivity index (χ2n) is 4.45. The predicted molar refractivity (Wildman–Crippen MR) is 53.9 cm³/mol. The van der Waals surface area contributed by atoms with Crippen molar-refractivity contribution in [1.82, 2.24) is 5.32 Å². The molecule has 2 bridgehead atoms. The topological polar surface area (TPSA) is 38.3 Å². The highest BCUT2D eigenvalue weighted by Crippen LogP contribution is 2.36. The molecule has 0 amide bonds. The summed E-state index contributed by atoms with van der Waals surface area (Å²) in [4.78, 5) is 11.3. The van der Waals surface area contributed by atoms with Crippen molar-refractivity contribution in [2.24, 2.45) is 11.8 Å². The van der Waals surface area contributed by atoms with Crippen LogP contribution in [0.3, 0.4) is 0 Å². The smallest absolute Gasteiger partial charge is 0.306 e. The van der Waals surface area contributed by atoms with E-state index in [4.69, 9.17) is 4.74 Å². The maximum absolute atomic E-state index is 11.3. The van der Waals surface area contributed by atoms with E-state index < -0.39 is 0 Å². The van der Waals surface area contributed by atoms with Gasteiger partial charge in [-0.2, -0.15) is 0 Å². The molecule has 0 radical (unpaired) electrons. The summed E-state index contributed by atoms with van der Waals surface area (Å²) in [7, 11) is 0. The molecule has 3 atom stereocenters. The number of rotatable bonds is 3. The third kappa shape index (κ3) is 2.08. The van der Waals surface area contributed by atoms with Crippen LogP contribution in [0.5, 0.6) is 0 Å². The van der Waals surface area contributed by atoms with Gasteiger partial charge in [-0.1, -0.05) is 0 Å². The van der Waals surface area contributed by atoms with Gasteiger partial charge in [0.1, 0.15) is 0 Å². The molecule has 2 aliphatic heterocycles. The lowest BCUT2D eigenvalue weighted by Crippen LogP contribution is -2.49. The Bertz CT molecular complexity index is 209. The SMILES string of the molecule is CCOC(=O)CC1CC2CCC1CN2. The van der Waals surface area contributed by atoms with Gasteiger partial charge >= 0.3 is 5.97 Å². The lowest BCUT2D eigenvalue weighted by Gasteiger charge is -2.42. The number of carbonyl (C=O) groups excluding carboxylic acids is 1. The number of hydrogen-bond donors (Lipinski definition) is 1. The standard InChI is InChI=1S/C11H19NO2/c1-2-14-11(13)6-9-5-10-4-3-8(9)7-12-10/h8-10,12H,2-7H2,1H3. The molecule has 3 aliphatic rings. The van der Waals surface area contributed by atoms with Crippen LogP contribution in [-0.2, 0) is 9.53 Å². The summed E-state index contributed by atoms with van der Waals surface area (Å²) in [5.74, 6) is 1.28. The maximum atomic E-state index is 11.3. The summed E-state index contributed by atoms with van der Waals surface area (Å²) in [5.41, 5.74) is 0. The molecule has 1 saturated carbocycles. The molecule has 0 aromatic rings. The summed E-state index contributed by atoms with van der Waals surface area (Å²) < 4.78 is 4.99. The zero-order valence-corrected chi connectivity index (χ0v) is 8.79. The molecular formula is C11H19NO2. The lowest BCUT2D eigenvalue weighted by molar-refractivity contribution is -0.145. The average molecular weight is 197 g/mol. The van der Waals surface area contributed by atoms with Crippen molar-refractivity contribution in [3.8, 4) is 0 Å². The third-order valence-corrected chi connectivity index (χ3v) is 3.54. The second kappa shape index (κ2) is 4.30. The van der Waals surface area contributed by atoms with Crippen LogP contribution in [0.25, 0.3) is 0 Å². The van der Waals surface area contributed by atoms with Gasteiger partial charge in [0.2, 0.25) is 0 Å². The first-order valence-electron chi connectivity index (χ1n) is 5.68. The van der Waals surface area contributed by atoms with E-state index in [0.29, 0.717) is 30.9 Å². The number of esters is 1. The van der Waals surface area contributed by atoms with Crippen molar-refractivity contribution in [2.45, 2.75) is 38.6 Å². The van der Waals surface area contributed by atoms with Crippen LogP contribution in [0, 0.1) is 11.8 Å². The molecule has 3 heteroatoms. The molecule has 3 unspecified atom stereocenters. The summed E-state index contributed by atoms with van der Waals surface area (Å²) in [5, 5.41) is 3.50. The molecule has 2 heterocycles. The van der Waals surface area contributed by atoms with E-state index in [2.05, 4.69) is 5.32 Å². The van der Waals surface area contributed by atoms with Gasteiger partial charge in [-0.15, -0.1) is 0 Å². The largest absolute Gasteiger partial charge is 0.466 e. The molecule has 80 valence electrons. The Morgan fingerprint density at radius 2 is 2.36 bits per heavy atom. The van der Waals surface area contributed by atoms with Crippen LogP contribution in [0.15, 0.2) is 0 Å². The van der Waals surface area contributed by atoms with Gasteiger partial charge < -0.3 is 10.1 Å². The Morgan fingerprint density at radius 1 is 1.50 bits per heavy atom. The van der Waals surface area contributed by atoms with Gasteiger partial charge in [0.15, 0.2) is 0 Å². The number of fused-ring (bicyclic) bond motifs is 3. The van der Waals surface area contributed by atoms with Gasteiger partial charge in [0.25, 0.3) is 0 Å². The first-order valence-corrected chi connectivity index (χ1v) is 5.68. The fourth-order valence-corrected chi connectivity index (χ4v) is 2.78. The first-order chi connectivity index (χ1) is 6.79. The van der Waals surface area contributed by atoms with Crippen molar-refractivity contribution in [3.05, 3.63) is 0 Å². The van der Waals surface area contributed by atoms with Gasteiger partial charge in [0.05, 0.1) is 6.61 Å². The molecule has 2 saturated heterocycles. The van der Waals surface area contributed by atoms with Crippen molar-refractivity contribution in [3.63, 3.8) is 0 Å². The molecule has 1 aliphatic carbocycles. The second-order valence-corrected chi connectivity index (χ2v) is 4.45. The molecule has 1 N–H and O–H groups in total. The van der Waals surface area contributed by atoms with E-state index in [1.165, 1.54) is 19.3 Å². The van der Waals surface area contributed by atoms with Crippen molar-refractivity contribution < 1.29 is 9.53 Å². The minimum atomic E-state index is -0.00921. The Kier molecular flexibility index (Phi) is 3.06. The Hall–Kier alpha value is -0.570. The van der Waals surface area contributed by atoms with Crippen LogP contribution >= 0.6 is 0 Å². The molecular weight excluding hydrogens is 178 g/mol. The molecule has 0 aromatic heterocycles. The first kappa shape index (κ1) is 9.97. The fraction of sp³-hybridized carbons (Fsp3) is 0.909. The van der Waals surface area contributed by atoms with Gasteiger partial charge in [-0.25, -0.2) is 0 Å². The van der Waals surface area contributed by atoms with E-state index >= 15 is 0 Å². The summed E-state index contributed by atoms with van der Waals surface area (Å²) in [6.45, 7) is 3.49. The van der Waals surface area contributed by atoms with Crippen LogP contribution in [0.1, 0.15) is 32.6 Å². The number of ether oxygens (including phenoxy) is 1. The van der Waals surface area contributed by atoms with E-state index in [-0.39, 0.29) is 5.97 Å². The highest BCUT2D eigenvalue weighted by molar-refractivity contribution is 5.69. The number of nitrogens with one attached hydrogen (secondary N) is 1. The fourth-order valence-electron chi connectivity index (χ4n) is 2.78. The van der Waals surface area contributed by atoms with E-state index in [1.807, 2.05) is 6.92 Å².